The molecule has 1 aromatic heterocycles. The van der Waals surface area contributed by atoms with Crippen molar-refractivity contribution < 1.29 is 9.78 Å². The largest absolute Gasteiger partial charge is 0.379 e. The Labute approximate surface area is 81.5 Å². The van der Waals surface area contributed by atoms with Gasteiger partial charge in [0, 0.05) is 19.2 Å². The number of aromatic amines is 1. The molecule has 1 rings (SSSR count). The molecule has 1 aromatic rings. The van der Waals surface area contributed by atoms with E-state index in [0.717, 1.165) is 0 Å². The lowest BCUT2D eigenvalue weighted by molar-refractivity contribution is -0.368. The van der Waals surface area contributed by atoms with Crippen LogP contribution in [-0.2, 0) is 0 Å². The van der Waals surface area contributed by atoms with Crippen molar-refractivity contribution in [1.82, 2.24) is 15.5 Å². The van der Waals surface area contributed by atoms with Crippen LogP contribution in [0.2, 0.25) is 0 Å². The molecule has 0 aliphatic rings. The molecule has 76 valence electrons. The van der Waals surface area contributed by atoms with Gasteiger partial charge in [-0.25, -0.2) is 14.7 Å². The average Bonchev–Trinajstić information content (AvgIpc) is 2.26. The Bertz CT molecular complexity index is 328. The van der Waals surface area contributed by atoms with Crippen molar-refractivity contribution in [2.24, 2.45) is 0 Å². The van der Waals surface area contributed by atoms with Gasteiger partial charge in [-0.05, 0) is 5.10 Å². The lowest BCUT2D eigenvalue weighted by Gasteiger charge is -2.11. The number of nitrogens with one attached hydrogen (secondary N) is 3. The standard InChI is InChI=1S/C7H12N6O/c1-8-5-6(10-4-11-12-5)13(3)7(14)9-2/h4H,1-3H3,(H,8,12)(H,9,14)/p+1. The summed E-state index contributed by atoms with van der Waals surface area (Å²) in [4.78, 5) is 15.5. The molecule has 14 heavy (non-hydrogen) atoms. The van der Waals surface area contributed by atoms with Crippen LogP contribution in [0.25, 0.3) is 0 Å². The second-order valence-corrected chi connectivity index (χ2v) is 2.55. The van der Waals surface area contributed by atoms with Gasteiger partial charge in [0.1, 0.15) is 0 Å². The van der Waals surface area contributed by atoms with Crippen molar-refractivity contribution in [2.75, 3.05) is 31.4 Å². The van der Waals surface area contributed by atoms with E-state index in [4.69, 9.17) is 0 Å². The van der Waals surface area contributed by atoms with Crippen LogP contribution in [0.3, 0.4) is 0 Å². The number of rotatable bonds is 2. The molecule has 0 radical (unpaired) electrons. The van der Waals surface area contributed by atoms with Crippen LogP contribution >= 0.6 is 0 Å². The third-order valence-corrected chi connectivity index (χ3v) is 1.73. The maximum absolute atomic E-state index is 11.3. The van der Waals surface area contributed by atoms with E-state index in [1.165, 1.54) is 11.2 Å². The van der Waals surface area contributed by atoms with Crippen LogP contribution < -0.4 is 20.5 Å². The fourth-order valence-electron chi connectivity index (χ4n) is 0.986. The molecule has 7 nitrogen and oxygen atoms in total. The number of hydrogen-bond acceptors (Lipinski definition) is 4. The summed E-state index contributed by atoms with van der Waals surface area (Å²) in [5, 5.41) is 12.8. The van der Waals surface area contributed by atoms with Crippen molar-refractivity contribution in [3.8, 4) is 0 Å². The molecule has 0 fully saturated rings. The topological polar surface area (TPSA) is 84.3 Å². The lowest BCUT2D eigenvalue weighted by Crippen LogP contribution is -2.38. The van der Waals surface area contributed by atoms with Crippen molar-refractivity contribution in [3.05, 3.63) is 6.33 Å². The Kier molecular flexibility index (Phi) is 3.16. The minimum atomic E-state index is -0.231. The second kappa shape index (κ2) is 4.35. The van der Waals surface area contributed by atoms with Gasteiger partial charge < -0.3 is 10.6 Å². The Morgan fingerprint density at radius 2 is 2.29 bits per heavy atom. The molecule has 2 amide bonds. The van der Waals surface area contributed by atoms with Gasteiger partial charge in [-0.2, -0.15) is 0 Å². The zero-order valence-electron chi connectivity index (χ0n) is 8.33. The minimum absolute atomic E-state index is 0.231. The van der Waals surface area contributed by atoms with E-state index in [2.05, 4.69) is 25.8 Å². The summed E-state index contributed by atoms with van der Waals surface area (Å²) in [5.74, 6) is 1.07. The number of carbonyl (C=O) groups excluding carboxylic acids is 1. The molecular formula is C7H13N6O+. The fraction of sp³-hybridized carbons (Fsp3) is 0.429. The van der Waals surface area contributed by atoms with Crippen LogP contribution in [0, 0.1) is 0 Å². The van der Waals surface area contributed by atoms with Crippen LogP contribution in [0.15, 0.2) is 6.33 Å². The van der Waals surface area contributed by atoms with Crippen molar-refractivity contribution in [1.29, 1.82) is 0 Å². The predicted octanol–water partition coefficient (Wildman–Crippen LogP) is -0.892. The van der Waals surface area contributed by atoms with Gasteiger partial charge in [-0.1, -0.05) is 0 Å². The molecule has 0 saturated heterocycles. The van der Waals surface area contributed by atoms with Crippen LogP contribution in [0.1, 0.15) is 0 Å². The first-order valence-corrected chi connectivity index (χ1v) is 4.07. The molecule has 0 bridgehead atoms. The minimum Gasteiger partial charge on any atom is -0.365 e. The Morgan fingerprint density at radius 1 is 1.57 bits per heavy atom. The number of nitrogens with zero attached hydrogens (tertiary/aromatic N) is 3. The summed E-state index contributed by atoms with van der Waals surface area (Å²) in [5.41, 5.74) is 0. The highest BCUT2D eigenvalue weighted by molar-refractivity contribution is 5.91. The number of H-pyrrole nitrogens is 1. The van der Waals surface area contributed by atoms with E-state index in [1.807, 2.05) is 0 Å². The number of aromatic nitrogens is 3. The highest BCUT2D eigenvalue weighted by Gasteiger charge is 2.20. The molecule has 3 N–H and O–H groups in total. The van der Waals surface area contributed by atoms with E-state index in [9.17, 15) is 4.79 Å². The van der Waals surface area contributed by atoms with Gasteiger partial charge in [0.05, 0.1) is 7.05 Å². The normalized spacial score (nSPS) is 9.36. The Balaban J connectivity index is 2.99. The van der Waals surface area contributed by atoms with Crippen molar-refractivity contribution in [2.45, 2.75) is 0 Å². The number of hydrogen-bond donors (Lipinski definition) is 2. The number of anilines is 2. The molecule has 7 heteroatoms. The fourth-order valence-corrected chi connectivity index (χ4v) is 0.986. The summed E-state index contributed by atoms with van der Waals surface area (Å²) in [6.45, 7) is 0. The highest BCUT2D eigenvalue weighted by atomic mass is 16.2. The molecule has 0 saturated carbocycles. The summed E-state index contributed by atoms with van der Waals surface area (Å²) in [6, 6.07) is -0.231. The molecule has 0 aliphatic heterocycles. The Morgan fingerprint density at radius 3 is 2.86 bits per heavy atom. The summed E-state index contributed by atoms with van der Waals surface area (Å²) >= 11 is 0. The van der Waals surface area contributed by atoms with E-state index in [-0.39, 0.29) is 6.03 Å². The molecule has 1 heterocycles. The quantitative estimate of drug-likeness (QED) is 0.644. The monoisotopic (exact) mass is 197 g/mol. The second-order valence-electron chi connectivity index (χ2n) is 2.55. The molecule has 0 spiro atoms. The molecule has 0 unspecified atom stereocenters. The maximum Gasteiger partial charge on any atom is 0.379 e. The van der Waals surface area contributed by atoms with Crippen molar-refractivity contribution in [3.63, 3.8) is 0 Å². The smallest absolute Gasteiger partial charge is 0.365 e. The van der Waals surface area contributed by atoms with Crippen LogP contribution in [0.4, 0.5) is 16.4 Å². The number of amides is 2. The third-order valence-electron chi connectivity index (χ3n) is 1.73. The summed E-state index contributed by atoms with van der Waals surface area (Å²) < 4.78 is 0. The Hall–Kier alpha value is -1.92. The van der Waals surface area contributed by atoms with Crippen molar-refractivity contribution >= 4 is 17.7 Å². The molecule has 0 aliphatic carbocycles. The zero-order valence-corrected chi connectivity index (χ0v) is 8.33. The average molecular weight is 197 g/mol. The molecule has 0 atom stereocenters. The van der Waals surface area contributed by atoms with E-state index >= 15 is 0 Å². The van der Waals surface area contributed by atoms with Gasteiger partial charge in [0.25, 0.3) is 5.82 Å². The van der Waals surface area contributed by atoms with Gasteiger partial charge in [-0.3, -0.25) is 0 Å². The zero-order chi connectivity index (χ0) is 10.6. The first-order chi connectivity index (χ1) is 6.70. The van der Waals surface area contributed by atoms with Crippen LogP contribution in [-0.4, -0.2) is 37.4 Å². The van der Waals surface area contributed by atoms with Gasteiger partial charge in [0.15, 0.2) is 0 Å². The third kappa shape index (κ3) is 1.87. The predicted molar refractivity (Wildman–Crippen MR) is 51.0 cm³/mol. The maximum atomic E-state index is 11.3. The van der Waals surface area contributed by atoms with E-state index in [1.54, 1.807) is 21.1 Å². The van der Waals surface area contributed by atoms with Crippen LogP contribution in [0.5, 0.6) is 0 Å². The SMILES string of the molecule is CNC(=O)N(C)c1[nH+]cnnc1NC. The first-order valence-electron chi connectivity index (χ1n) is 4.07. The summed E-state index contributed by atoms with van der Waals surface area (Å²) in [6.07, 6.45) is 1.41. The first kappa shape index (κ1) is 10.2. The van der Waals surface area contributed by atoms with Gasteiger partial charge in [0.2, 0.25) is 12.1 Å². The number of carbonyl (C=O) groups is 1. The highest BCUT2D eigenvalue weighted by Crippen LogP contribution is 2.13. The van der Waals surface area contributed by atoms with Gasteiger partial charge in [-0.15, -0.1) is 0 Å². The van der Waals surface area contributed by atoms with Gasteiger partial charge >= 0.3 is 6.03 Å². The number of urea groups is 1. The molecule has 0 aromatic carbocycles. The summed E-state index contributed by atoms with van der Waals surface area (Å²) in [7, 11) is 4.90. The van der Waals surface area contributed by atoms with E-state index in [0.29, 0.717) is 11.6 Å². The lowest BCUT2D eigenvalue weighted by atomic mass is 10.5. The van der Waals surface area contributed by atoms with E-state index < -0.39 is 0 Å². The molecular weight excluding hydrogens is 184 g/mol.